The van der Waals surface area contributed by atoms with Crippen LogP contribution in [0.15, 0.2) is 12.1 Å². The second-order valence-corrected chi connectivity index (χ2v) is 11.0. The van der Waals surface area contributed by atoms with Gasteiger partial charge in [-0.25, -0.2) is 9.18 Å². The molecule has 2 saturated heterocycles. The Labute approximate surface area is 203 Å². The van der Waals surface area contributed by atoms with Gasteiger partial charge in [-0.15, -0.1) is 0 Å². The number of likely N-dealkylation sites (tertiary alicyclic amines) is 1. The molecule has 4 fully saturated rings. The minimum Gasteiger partial charge on any atom is -0.493 e. The first-order valence-electron chi connectivity index (χ1n) is 12.9. The van der Waals surface area contributed by atoms with Crippen molar-refractivity contribution < 1.29 is 32.2 Å². The number of carboxylic acid groups (broad SMARTS) is 1. The van der Waals surface area contributed by atoms with E-state index >= 15 is 0 Å². The second-order valence-electron chi connectivity index (χ2n) is 11.0. The molecule has 2 N–H and O–H groups in total. The predicted molar refractivity (Wildman–Crippen MR) is 122 cm³/mol. The zero-order chi connectivity index (χ0) is 24.7. The molecule has 9 heteroatoms. The summed E-state index contributed by atoms with van der Waals surface area (Å²) >= 11 is 0. The van der Waals surface area contributed by atoms with E-state index in [1.807, 2.05) is 0 Å². The molecule has 1 aromatic carbocycles. The van der Waals surface area contributed by atoms with E-state index in [1.54, 1.807) is 0 Å². The molecule has 4 aliphatic rings. The molecule has 0 aromatic heterocycles. The Morgan fingerprint density at radius 3 is 2.40 bits per heavy atom. The molecule has 0 bridgehead atoms. The van der Waals surface area contributed by atoms with Gasteiger partial charge in [0.2, 0.25) is 0 Å². The fourth-order valence-corrected chi connectivity index (χ4v) is 5.84. The van der Waals surface area contributed by atoms with Crippen molar-refractivity contribution in [2.24, 2.45) is 17.8 Å². The van der Waals surface area contributed by atoms with Gasteiger partial charge in [0.1, 0.15) is 11.6 Å². The van der Waals surface area contributed by atoms with Gasteiger partial charge in [0.15, 0.2) is 0 Å². The zero-order valence-electron chi connectivity index (χ0n) is 19.8. The number of halogens is 4. The number of carbonyl (C=O) groups is 1. The normalized spacial score (nSPS) is 28.7. The minimum absolute atomic E-state index is 0.0140. The van der Waals surface area contributed by atoms with Gasteiger partial charge in [-0.2, -0.15) is 13.2 Å². The van der Waals surface area contributed by atoms with Crippen molar-refractivity contribution in [1.82, 2.24) is 10.2 Å². The predicted octanol–water partition coefficient (Wildman–Crippen LogP) is 5.20. The summed E-state index contributed by atoms with van der Waals surface area (Å²) in [5, 5.41) is 12.7. The largest absolute Gasteiger partial charge is 0.493 e. The highest BCUT2D eigenvalue weighted by Crippen LogP contribution is 2.46. The van der Waals surface area contributed by atoms with Crippen LogP contribution >= 0.6 is 0 Å². The van der Waals surface area contributed by atoms with Gasteiger partial charge in [0.25, 0.3) is 0 Å². The maximum atomic E-state index is 14.2. The highest BCUT2D eigenvalue weighted by molar-refractivity contribution is 5.88. The lowest BCUT2D eigenvalue weighted by atomic mass is 9.85. The molecule has 3 unspecified atom stereocenters. The summed E-state index contributed by atoms with van der Waals surface area (Å²) in [4.78, 5) is 13.5. The van der Waals surface area contributed by atoms with Crippen LogP contribution in [0, 0.1) is 23.6 Å². The molecule has 3 atom stereocenters. The average molecular weight is 499 g/mol. The van der Waals surface area contributed by atoms with Crippen LogP contribution in [0.1, 0.15) is 73.2 Å². The molecule has 5 rings (SSSR count). The molecule has 35 heavy (non-hydrogen) atoms. The first-order valence-corrected chi connectivity index (χ1v) is 12.9. The molecule has 0 radical (unpaired) electrons. The average Bonchev–Trinajstić information content (AvgIpc) is 3.70. The maximum Gasteiger partial charge on any atom is 0.391 e. The second kappa shape index (κ2) is 9.88. The van der Waals surface area contributed by atoms with Gasteiger partial charge in [-0.1, -0.05) is 0 Å². The quantitative estimate of drug-likeness (QED) is 0.483. The van der Waals surface area contributed by atoms with Crippen molar-refractivity contribution in [3.8, 4) is 5.75 Å². The van der Waals surface area contributed by atoms with Gasteiger partial charge in [-0.05, 0) is 93.8 Å². The maximum absolute atomic E-state index is 14.2. The van der Waals surface area contributed by atoms with Gasteiger partial charge < -0.3 is 20.1 Å². The third-order valence-corrected chi connectivity index (χ3v) is 8.22. The zero-order valence-corrected chi connectivity index (χ0v) is 19.8. The SMILES string of the molecule is O=C(O)c1cc(C2CC2)c(OCC2CCN(CC3CC(C(F)(F)F)CC(C4CC4)N3)CC2)cc1F. The van der Waals surface area contributed by atoms with E-state index in [0.717, 1.165) is 57.2 Å². The number of benzene rings is 1. The molecule has 1 aromatic rings. The monoisotopic (exact) mass is 498 g/mol. The number of hydrogen-bond donors (Lipinski definition) is 2. The van der Waals surface area contributed by atoms with E-state index in [4.69, 9.17) is 4.74 Å². The number of aromatic carboxylic acids is 1. The summed E-state index contributed by atoms with van der Waals surface area (Å²) in [5.41, 5.74) is 0.453. The number of ether oxygens (including phenoxy) is 1. The minimum atomic E-state index is -4.13. The van der Waals surface area contributed by atoms with Crippen LogP contribution in [-0.2, 0) is 0 Å². The standard InChI is InChI=1S/C26H34F4N2O3/c27-22-12-24(20(16-1-2-16)11-21(22)25(33)34)35-14-15-5-7-32(8-6-15)13-19-9-18(26(28,29)30)10-23(31-19)17-3-4-17/h11-12,15-19,23,31H,1-10,13-14H2,(H,33,34). The van der Waals surface area contributed by atoms with E-state index in [9.17, 15) is 27.5 Å². The number of piperidine rings is 2. The summed E-state index contributed by atoms with van der Waals surface area (Å²) < 4.78 is 60.7. The molecular formula is C26H34F4N2O3. The fourth-order valence-electron chi connectivity index (χ4n) is 5.84. The summed E-state index contributed by atoms with van der Waals surface area (Å²) in [7, 11) is 0. The van der Waals surface area contributed by atoms with Crippen LogP contribution in [0.4, 0.5) is 17.6 Å². The number of nitrogens with zero attached hydrogens (tertiary/aromatic N) is 1. The molecule has 2 aliphatic carbocycles. The Balaban J connectivity index is 1.12. The third-order valence-electron chi connectivity index (χ3n) is 8.22. The lowest BCUT2D eigenvalue weighted by Gasteiger charge is -2.41. The highest BCUT2D eigenvalue weighted by atomic mass is 19.4. The van der Waals surface area contributed by atoms with Crippen molar-refractivity contribution in [3.05, 3.63) is 29.1 Å². The van der Waals surface area contributed by atoms with E-state index < -0.39 is 23.9 Å². The first kappa shape index (κ1) is 24.8. The Kier molecular flexibility index (Phi) is 7.00. The van der Waals surface area contributed by atoms with E-state index in [-0.39, 0.29) is 42.3 Å². The highest BCUT2D eigenvalue weighted by Gasteiger charge is 2.48. The Morgan fingerprint density at radius 2 is 1.80 bits per heavy atom. The van der Waals surface area contributed by atoms with Crippen molar-refractivity contribution in [2.45, 2.75) is 75.5 Å². The first-order chi connectivity index (χ1) is 16.7. The summed E-state index contributed by atoms with van der Waals surface area (Å²) in [6.07, 6.45) is 1.94. The van der Waals surface area contributed by atoms with Crippen molar-refractivity contribution in [1.29, 1.82) is 0 Å². The summed E-state index contributed by atoms with van der Waals surface area (Å²) in [6, 6.07) is 2.47. The molecule has 194 valence electrons. The number of carboxylic acids is 1. The van der Waals surface area contributed by atoms with Gasteiger partial charge in [0, 0.05) is 24.7 Å². The van der Waals surface area contributed by atoms with Crippen LogP contribution in [-0.4, -0.2) is 60.5 Å². The van der Waals surface area contributed by atoms with Crippen LogP contribution in [0.5, 0.6) is 5.75 Å². The molecular weight excluding hydrogens is 464 g/mol. The van der Waals surface area contributed by atoms with E-state index in [2.05, 4.69) is 10.2 Å². The summed E-state index contributed by atoms with van der Waals surface area (Å²) in [5.74, 6) is -1.92. The topological polar surface area (TPSA) is 61.8 Å². The lowest BCUT2D eigenvalue weighted by Crippen LogP contribution is -2.54. The lowest BCUT2D eigenvalue weighted by molar-refractivity contribution is -0.187. The molecule has 0 amide bonds. The summed E-state index contributed by atoms with van der Waals surface area (Å²) in [6.45, 7) is 2.68. The van der Waals surface area contributed by atoms with E-state index in [1.165, 1.54) is 12.1 Å². The van der Waals surface area contributed by atoms with Gasteiger partial charge in [-0.3, -0.25) is 0 Å². The van der Waals surface area contributed by atoms with Gasteiger partial charge >= 0.3 is 12.1 Å². The molecule has 5 nitrogen and oxygen atoms in total. The van der Waals surface area contributed by atoms with Crippen molar-refractivity contribution >= 4 is 5.97 Å². The number of hydrogen-bond acceptors (Lipinski definition) is 4. The third kappa shape index (κ3) is 6.10. The number of rotatable bonds is 8. The fraction of sp³-hybridized carbons (Fsp3) is 0.731. The number of nitrogens with one attached hydrogen (secondary N) is 1. The molecule has 2 aliphatic heterocycles. The van der Waals surface area contributed by atoms with Crippen LogP contribution in [0.3, 0.4) is 0 Å². The smallest absolute Gasteiger partial charge is 0.391 e. The Hall–Kier alpha value is -1.87. The van der Waals surface area contributed by atoms with Crippen LogP contribution in [0.25, 0.3) is 0 Å². The molecule has 2 heterocycles. The van der Waals surface area contributed by atoms with E-state index in [0.29, 0.717) is 24.8 Å². The van der Waals surface area contributed by atoms with Crippen molar-refractivity contribution in [3.63, 3.8) is 0 Å². The molecule has 2 saturated carbocycles. The Morgan fingerprint density at radius 1 is 1.09 bits per heavy atom. The van der Waals surface area contributed by atoms with Crippen molar-refractivity contribution in [2.75, 3.05) is 26.2 Å². The number of alkyl halides is 3. The molecule has 0 spiro atoms. The van der Waals surface area contributed by atoms with Crippen LogP contribution in [0.2, 0.25) is 0 Å². The Bertz CT molecular complexity index is 924. The van der Waals surface area contributed by atoms with Gasteiger partial charge in [0.05, 0.1) is 18.1 Å². The van der Waals surface area contributed by atoms with Crippen LogP contribution < -0.4 is 10.1 Å².